The van der Waals surface area contributed by atoms with Gasteiger partial charge in [-0.05, 0) is 25.2 Å². The van der Waals surface area contributed by atoms with Crippen LogP contribution >= 0.6 is 35.7 Å². The lowest BCUT2D eigenvalue weighted by atomic mass is 9.80. The molecule has 0 aromatic rings. The van der Waals surface area contributed by atoms with Gasteiger partial charge in [0.05, 0.1) is 0 Å². The summed E-state index contributed by atoms with van der Waals surface area (Å²) in [6.45, 7) is 5.88. The van der Waals surface area contributed by atoms with Gasteiger partial charge >= 0.3 is 0 Å². The van der Waals surface area contributed by atoms with E-state index in [4.69, 9.17) is 0 Å². The molecule has 0 amide bonds. The largest absolute Gasteiger partial charge is 0.355 e. The Morgan fingerprint density at radius 2 is 1.87 bits per heavy atom. The second-order valence-electron chi connectivity index (χ2n) is 7.27. The van der Waals surface area contributed by atoms with Crippen molar-refractivity contribution in [3.63, 3.8) is 0 Å². The van der Waals surface area contributed by atoms with E-state index in [0.29, 0.717) is 11.6 Å². The fraction of sp³-hybridized carbons (Fsp3) is 0.941. The van der Waals surface area contributed by atoms with E-state index in [9.17, 15) is 0 Å². The Kier molecular flexibility index (Phi) is 7.79. The Balaban J connectivity index is 0.00000192. The van der Waals surface area contributed by atoms with E-state index in [1.165, 1.54) is 63.1 Å². The number of thioether (sulfide) groups is 1. The minimum atomic E-state index is 0. The van der Waals surface area contributed by atoms with Gasteiger partial charge in [-0.2, -0.15) is 11.8 Å². The number of nitrogens with one attached hydrogen (secondary N) is 2. The summed E-state index contributed by atoms with van der Waals surface area (Å²) in [6, 6.07) is 0.639. The first kappa shape index (κ1) is 19.6. The summed E-state index contributed by atoms with van der Waals surface area (Å²) in [5.74, 6) is 4.41. The first-order chi connectivity index (χ1) is 10.7. The minimum absolute atomic E-state index is 0. The molecule has 6 heteroatoms. The molecule has 2 saturated carbocycles. The van der Waals surface area contributed by atoms with Gasteiger partial charge in [-0.25, -0.2) is 0 Å². The quantitative estimate of drug-likeness (QED) is 0.391. The molecule has 4 nitrogen and oxygen atoms in total. The molecular formula is C17H33IN4S. The second-order valence-corrected chi connectivity index (χ2v) is 8.50. The third-order valence-electron chi connectivity index (χ3n) is 5.71. The Morgan fingerprint density at radius 1 is 1.22 bits per heavy atom. The predicted octanol–water partition coefficient (Wildman–Crippen LogP) is 2.93. The molecule has 0 aromatic heterocycles. The van der Waals surface area contributed by atoms with Crippen molar-refractivity contribution in [2.45, 2.75) is 57.0 Å². The normalized spacial score (nSPS) is 31.1. The molecule has 0 bridgehead atoms. The van der Waals surface area contributed by atoms with E-state index in [0.717, 1.165) is 18.4 Å². The molecule has 0 radical (unpaired) electrons. The summed E-state index contributed by atoms with van der Waals surface area (Å²) in [5, 5.41) is 7.23. The van der Waals surface area contributed by atoms with Crippen LogP contribution in [-0.4, -0.2) is 60.6 Å². The maximum Gasteiger partial charge on any atom is 0.191 e. The lowest BCUT2D eigenvalue weighted by Crippen LogP contribution is -2.60. The number of halogens is 1. The fourth-order valence-corrected chi connectivity index (χ4v) is 4.90. The zero-order valence-electron chi connectivity index (χ0n) is 14.6. The first-order valence-electron chi connectivity index (χ1n) is 9.03. The third kappa shape index (κ3) is 5.14. The second kappa shape index (κ2) is 9.13. The van der Waals surface area contributed by atoms with Crippen molar-refractivity contribution in [1.29, 1.82) is 0 Å². The van der Waals surface area contributed by atoms with Gasteiger partial charge in [0.1, 0.15) is 0 Å². The number of hydrogen-bond acceptors (Lipinski definition) is 3. The zero-order chi connectivity index (χ0) is 15.4. The van der Waals surface area contributed by atoms with Crippen molar-refractivity contribution in [1.82, 2.24) is 15.5 Å². The van der Waals surface area contributed by atoms with Crippen molar-refractivity contribution in [3.8, 4) is 0 Å². The average Bonchev–Trinajstić information content (AvgIpc) is 3.28. The molecule has 2 unspecified atom stereocenters. The third-order valence-corrected chi connectivity index (χ3v) is 6.65. The minimum Gasteiger partial charge on any atom is -0.355 e. The van der Waals surface area contributed by atoms with Crippen LogP contribution in [0.15, 0.2) is 4.99 Å². The summed E-state index contributed by atoms with van der Waals surface area (Å²) in [5.41, 5.74) is 0.367. The van der Waals surface area contributed by atoms with Crippen molar-refractivity contribution in [3.05, 3.63) is 0 Å². The Labute approximate surface area is 163 Å². The SMILES string of the molecule is CN=C(NCC1(N2CCSCC2)CCCCC1)NC1CC1C.I. The summed E-state index contributed by atoms with van der Waals surface area (Å²) >= 11 is 2.11. The molecule has 2 N–H and O–H groups in total. The summed E-state index contributed by atoms with van der Waals surface area (Å²) in [4.78, 5) is 7.22. The van der Waals surface area contributed by atoms with Gasteiger partial charge in [-0.3, -0.25) is 9.89 Å². The van der Waals surface area contributed by atoms with Gasteiger partial charge < -0.3 is 10.6 Å². The Morgan fingerprint density at radius 3 is 2.43 bits per heavy atom. The van der Waals surface area contributed by atoms with Crippen LogP contribution in [0.5, 0.6) is 0 Å². The fourth-order valence-electron chi connectivity index (χ4n) is 3.99. The highest BCUT2D eigenvalue weighted by Crippen LogP contribution is 2.35. The molecule has 134 valence electrons. The lowest BCUT2D eigenvalue weighted by molar-refractivity contribution is 0.0626. The molecule has 2 aliphatic carbocycles. The topological polar surface area (TPSA) is 39.7 Å². The van der Waals surface area contributed by atoms with Crippen LogP contribution in [0.3, 0.4) is 0 Å². The van der Waals surface area contributed by atoms with Gasteiger partial charge in [0.25, 0.3) is 0 Å². The van der Waals surface area contributed by atoms with Crippen LogP contribution in [0.4, 0.5) is 0 Å². The number of nitrogens with zero attached hydrogens (tertiary/aromatic N) is 2. The van der Waals surface area contributed by atoms with E-state index in [2.05, 4.69) is 39.2 Å². The monoisotopic (exact) mass is 452 g/mol. The number of hydrogen-bond donors (Lipinski definition) is 2. The van der Waals surface area contributed by atoms with Crippen molar-refractivity contribution < 1.29 is 0 Å². The zero-order valence-corrected chi connectivity index (χ0v) is 17.8. The molecule has 1 saturated heterocycles. The molecule has 2 atom stereocenters. The van der Waals surface area contributed by atoms with Crippen molar-refractivity contribution in [2.75, 3.05) is 38.2 Å². The Hall–Kier alpha value is 0.310. The lowest BCUT2D eigenvalue weighted by Gasteiger charge is -2.48. The molecule has 1 aliphatic heterocycles. The van der Waals surface area contributed by atoms with E-state index >= 15 is 0 Å². The van der Waals surface area contributed by atoms with Gasteiger partial charge in [-0.1, -0.05) is 26.2 Å². The number of rotatable bonds is 4. The molecule has 0 spiro atoms. The van der Waals surface area contributed by atoms with Crippen LogP contribution in [0.2, 0.25) is 0 Å². The van der Waals surface area contributed by atoms with Gasteiger partial charge in [-0.15, -0.1) is 24.0 Å². The maximum atomic E-state index is 4.44. The van der Waals surface area contributed by atoms with E-state index in [-0.39, 0.29) is 24.0 Å². The standard InChI is InChI=1S/C17H32N4S.HI/c1-14-12-15(14)20-16(18-2)19-13-17(6-4-3-5-7-17)21-8-10-22-11-9-21;/h14-15H,3-13H2,1-2H3,(H2,18,19,20);1H. The van der Waals surface area contributed by atoms with Gasteiger partial charge in [0.2, 0.25) is 0 Å². The molecule has 3 aliphatic rings. The summed E-state index contributed by atoms with van der Waals surface area (Å²) < 4.78 is 0. The van der Waals surface area contributed by atoms with Crippen molar-refractivity contribution in [2.24, 2.45) is 10.9 Å². The van der Waals surface area contributed by atoms with Crippen LogP contribution in [-0.2, 0) is 0 Å². The highest BCUT2D eigenvalue weighted by atomic mass is 127. The van der Waals surface area contributed by atoms with Crippen LogP contribution in [0.1, 0.15) is 45.4 Å². The van der Waals surface area contributed by atoms with E-state index in [1.807, 2.05) is 7.05 Å². The van der Waals surface area contributed by atoms with Gasteiger partial charge in [0.15, 0.2) is 5.96 Å². The number of guanidine groups is 1. The van der Waals surface area contributed by atoms with Crippen LogP contribution in [0.25, 0.3) is 0 Å². The van der Waals surface area contributed by atoms with E-state index < -0.39 is 0 Å². The molecule has 3 fully saturated rings. The predicted molar refractivity (Wildman–Crippen MR) is 112 cm³/mol. The molecule has 23 heavy (non-hydrogen) atoms. The molecular weight excluding hydrogens is 419 g/mol. The maximum absolute atomic E-state index is 4.44. The van der Waals surface area contributed by atoms with Crippen LogP contribution in [0, 0.1) is 5.92 Å². The molecule has 1 heterocycles. The molecule has 3 rings (SSSR count). The number of aliphatic imine (C=N–C) groups is 1. The first-order valence-corrected chi connectivity index (χ1v) is 10.2. The van der Waals surface area contributed by atoms with Crippen LogP contribution < -0.4 is 10.6 Å². The van der Waals surface area contributed by atoms with Crippen molar-refractivity contribution >= 4 is 41.7 Å². The highest BCUT2D eigenvalue weighted by Gasteiger charge is 2.39. The molecule has 0 aromatic carbocycles. The summed E-state index contributed by atoms with van der Waals surface area (Å²) in [7, 11) is 1.90. The Bertz CT molecular complexity index is 392. The smallest absolute Gasteiger partial charge is 0.191 e. The summed E-state index contributed by atoms with van der Waals surface area (Å²) in [6.07, 6.45) is 8.17. The average molecular weight is 452 g/mol. The van der Waals surface area contributed by atoms with Gasteiger partial charge in [0, 0.05) is 49.8 Å². The van der Waals surface area contributed by atoms with E-state index in [1.54, 1.807) is 0 Å². The highest BCUT2D eigenvalue weighted by molar-refractivity contribution is 14.0.